The van der Waals surface area contributed by atoms with Crippen LogP contribution in [-0.4, -0.2) is 23.7 Å². The molecule has 0 N–H and O–H groups in total. The van der Waals surface area contributed by atoms with Gasteiger partial charge < -0.3 is 4.74 Å². The summed E-state index contributed by atoms with van der Waals surface area (Å²) in [6.07, 6.45) is 20.9. The molecule has 5 heteroatoms. The minimum atomic E-state index is -0.209. The van der Waals surface area contributed by atoms with Crippen molar-refractivity contribution in [3.8, 4) is 0 Å². The molecule has 0 aromatic rings. The van der Waals surface area contributed by atoms with Gasteiger partial charge in [0.15, 0.2) is 0 Å². The van der Waals surface area contributed by atoms with E-state index in [0.29, 0.717) is 6.61 Å². The third-order valence-electron chi connectivity index (χ3n) is 4.36. The molecule has 0 heterocycles. The van der Waals surface area contributed by atoms with E-state index in [9.17, 15) is 4.79 Å². The van der Waals surface area contributed by atoms with Gasteiger partial charge >= 0.3 is 5.97 Å². The maximum absolute atomic E-state index is 11.1. The van der Waals surface area contributed by atoms with E-state index in [-0.39, 0.29) is 15.5 Å². The molecule has 0 aromatic heterocycles. The molecule has 25 heavy (non-hydrogen) atoms. The largest absolute Gasteiger partial charge is 0.463 e. The fourth-order valence-corrected chi connectivity index (χ4v) is 6.47. The lowest BCUT2D eigenvalue weighted by molar-refractivity contribution is -0.137. The average Bonchev–Trinajstić information content (AvgIpc) is 2.57. The van der Waals surface area contributed by atoms with Gasteiger partial charge in [0.1, 0.15) is 0 Å². The van der Waals surface area contributed by atoms with Gasteiger partial charge in [0.25, 0.3) is 0 Å². The summed E-state index contributed by atoms with van der Waals surface area (Å²) in [6.45, 7) is 2.40. The topological polar surface area (TPSA) is 26.3 Å². The smallest absolute Gasteiger partial charge is 0.330 e. The average molecular weight is 592 g/mol. The maximum Gasteiger partial charge on any atom is 0.330 e. The normalized spacial score (nSPS) is 12.0. The van der Waals surface area contributed by atoms with E-state index >= 15 is 0 Å². The van der Waals surface area contributed by atoms with Gasteiger partial charge in [-0.1, -0.05) is 134 Å². The number of esters is 1. The first-order valence-electron chi connectivity index (χ1n) is 10.2. The Hall–Kier alpha value is 0.887. The second kappa shape index (κ2) is 21.2. The number of hydrogen-bond donors (Lipinski definition) is 0. The first-order chi connectivity index (χ1) is 12.2. The first-order valence-corrected chi connectivity index (χ1v) is 14.5. The van der Waals surface area contributed by atoms with Crippen molar-refractivity contribution in [1.82, 2.24) is 0 Å². The summed E-state index contributed by atoms with van der Waals surface area (Å²) in [4.78, 5) is 11.1. The van der Waals surface area contributed by atoms with Crippen molar-refractivity contribution in [1.29, 1.82) is 0 Å². The number of carbonyl (C=O) groups is 1. The second-order valence-electron chi connectivity index (χ2n) is 6.80. The number of alkyl halides is 2. The van der Waals surface area contributed by atoms with Crippen LogP contribution in [0.1, 0.15) is 90.4 Å². The molecule has 0 fully saturated rings. The van der Waals surface area contributed by atoms with Crippen LogP contribution in [0.4, 0.5) is 0 Å². The van der Waals surface area contributed by atoms with Crippen LogP contribution in [0.25, 0.3) is 0 Å². The number of hydrogen-bond acceptors (Lipinski definition) is 2. The summed E-state index contributed by atoms with van der Waals surface area (Å²) < 4.78 is 6.04. The summed E-state index contributed by atoms with van der Waals surface area (Å²) in [7, 11) is 0.226. The van der Waals surface area contributed by atoms with Gasteiger partial charge in [-0.2, -0.15) is 0 Å². The third-order valence-corrected chi connectivity index (χ3v) is 9.45. The fourth-order valence-electron chi connectivity index (χ4n) is 2.88. The van der Waals surface area contributed by atoms with Gasteiger partial charge in [-0.15, -0.1) is 0 Å². The van der Waals surface area contributed by atoms with E-state index in [1.165, 1.54) is 83.1 Å². The van der Waals surface area contributed by atoms with E-state index in [0.717, 1.165) is 7.98 Å². The highest BCUT2D eigenvalue weighted by molar-refractivity contribution is 14.2. The Morgan fingerprint density at radius 1 is 0.840 bits per heavy atom. The van der Waals surface area contributed by atoms with Gasteiger partial charge in [0.2, 0.25) is 0 Å². The van der Waals surface area contributed by atoms with E-state index in [2.05, 4.69) is 45.2 Å². The van der Waals surface area contributed by atoms with Crippen LogP contribution in [0.3, 0.4) is 0 Å². The van der Waals surface area contributed by atoms with Crippen molar-refractivity contribution < 1.29 is 9.53 Å². The molecule has 148 valence electrons. The Balaban J connectivity index is 3.06. The molecule has 0 amide bonds. The molecule has 0 saturated carbocycles. The highest BCUT2D eigenvalue weighted by Crippen LogP contribution is 2.14. The van der Waals surface area contributed by atoms with Crippen LogP contribution < -0.4 is 0 Å². The highest BCUT2D eigenvalue weighted by Gasteiger charge is 1.99. The number of allylic oxidation sites excluding steroid dienone is 1. The number of halogens is 2. The van der Waals surface area contributed by atoms with Crippen molar-refractivity contribution in [2.75, 3.05) is 6.61 Å². The van der Waals surface area contributed by atoms with E-state index < -0.39 is 0 Å². The van der Waals surface area contributed by atoms with Gasteiger partial charge in [-0.05, 0) is 13.3 Å². The zero-order valence-electron chi connectivity index (χ0n) is 16.1. The molecular formula is C20H38I2O2Si. The molecule has 2 nitrogen and oxygen atoms in total. The molecule has 0 bridgehead atoms. The lowest BCUT2D eigenvalue weighted by atomic mass is 10.0. The number of carbonyl (C=O) groups excluding carboxylic acids is 1. The lowest BCUT2D eigenvalue weighted by Gasteiger charge is -2.04. The second-order valence-corrected chi connectivity index (χ2v) is 17.6. The minimum absolute atomic E-state index is 0.209. The lowest BCUT2D eigenvalue weighted by Crippen LogP contribution is -2.01. The van der Waals surface area contributed by atoms with E-state index in [4.69, 9.17) is 4.74 Å². The third kappa shape index (κ3) is 22.8. The summed E-state index contributed by atoms with van der Waals surface area (Å²) in [5, 5.41) is 0. The minimum Gasteiger partial charge on any atom is -0.463 e. The van der Waals surface area contributed by atoms with Crippen LogP contribution >= 0.6 is 45.2 Å². The quantitative estimate of drug-likeness (QED) is 0.0432. The van der Waals surface area contributed by atoms with Crippen molar-refractivity contribution in [3.05, 3.63) is 12.2 Å². The van der Waals surface area contributed by atoms with Gasteiger partial charge in [-0.3, -0.25) is 0 Å². The van der Waals surface area contributed by atoms with Gasteiger partial charge in [0, 0.05) is 17.2 Å². The molecule has 0 aromatic carbocycles. The van der Waals surface area contributed by atoms with Crippen LogP contribution in [0.15, 0.2) is 12.2 Å². The molecular weight excluding hydrogens is 554 g/mol. The molecule has 0 saturated heterocycles. The van der Waals surface area contributed by atoms with Crippen molar-refractivity contribution in [2.45, 2.75) is 98.0 Å². The van der Waals surface area contributed by atoms with Crippen LogP contribution in [0.5, 0.6) is 0 Å². The Labute approximate surface area is 185 Å². The predicted octanol–water partition coefficient (Wildman–Crippen LogP) is 6.92. The van der Waals surface area contributed by atoms with Crippen molar-refractivity contribution >= 4 is 60.7 Å². The molecule has 0 aliphatic rings. The number of rotatable bonds is 18. The van der Waals surface area contributed by atoms with Crippen molar-refractivity contribution in [3.63, 3.8) is 0 Å². The Morgan fingerprint density at radius 3 is 1.72 bits per heavy atom. The zero-order valence-corrected chi connectivity index (χ0v) is 21.8. The molecule has 0 spiro atoms. The summed E-state index contributed by atoms with van der Waals surface area (Å²) in [6, 6.07) is 1.55. The highest BCUT2D eigenvalue weighted by atomic mass is 127. The summed E-state index contributed by atoms with van der Waals surface area (Å²) >= 11 is 5.15. The van der Waals surface area contributed by atoms with Gasteiger partial charge in [-0.25, -0.2) is 4.79 Å². The summed E-state index contributed by atoms with van der Waals surface area (Å²) in [5.74, 6) is -0.209. The fraction of sp³-hybridized carbons (Fsp3) is 0.850. The Morgan fingerprint density at radius 2 is 1.28 bits per heavy atom. The Kier molecular flexibility index (Phi) is 21.9. The standard InChI is InChI=1S/C20H38I2O2Si/c1-2-16-19(23)24-17-14-12-10-8-6-4-3-5-7-9-11-13-15-18-25-20(21)22/h2,16,20H,3-15,17-18,25H2,1H3. The molecule has 0 rings (SSSR count). The monoisotopic (exact) mass is 592 g/mol. The number of unbranched alkanes of at least 4 members (excludes halogenated alkanes) is 12. The van der Waals surface area contributed by atoms with E-state index in [1.807, 2.05) is 6.92 Å². The van der Waals surface area contributed by atoms with E-state index in [1.54, 1.807) is 12.1 Å². The zero-order chi connectivity index (χ0) is 18.6. The molecule has 0 radical (unpaired) electrons. The van der Waals surface area contributed by atoms with Crippen LogP contribution in [0.2, 0.25) is 6.04 Å². The molecule has 0 aliphatic carbocycles. The first kappa shape index (κ1) is 25.9. The molecule has 0 atom stereocenters. The summed E-state index contributed by atoms with van der Waals surface area (Å²) in [5.41, 5.74) is 0. The van der Waals surface area contributed by atoms with Crippen molar-refractivity contribution in [2.24, 2.45) is 0 Å². The van der Waals surface area contributed by atoms with Gasteiger partial charge in [0.05, 0.1) is 6.61 Å². The predicted molar refractivity (Wildman–Crippen MR) is 131 cm³/mol. The number of ether oxygens (including phenoxy) is 1. The molecule has 0 unspecified atom stereocenters. The van der Waals surface area contributed by atoms with Crippen LogP contribution in [0, 0.1) is 0 Å². The Bertz CT molecular complexity index is 323. The van der Waals surface area contributed by atoms with Crippen LogP contribution in [-0.2, 0) is 9.53 Å². The molecule has 0 aliphatic heterocycles. The maximum atomic E-state index is 11.1. The SMILES string of the molecule is CC=CC(=O)OCCCCCCCCCCCCCCC[SiH2]C(I)I.